The molecule has 0 saturated heterocycles. The van der Waals surface area contributed by atoms with Gasteiger partial charge in [0.25, 0.3) is 0 Å². The number of allylic oxidation sites excluding steroid dienone is 4. The van der Waals surface area contributed by atoms with E-state index in [9.17, 15) is 0 Å². The van der Waals surface area contributed by atoms with Gasteiger partial charge in [0.1, 0.15) is 0 Å². The van der Waals surface area contributed by atoms with E-state index in [2.05, 4.69) is 74.6 Å². The highest BCUT2D eigenvalue weighted by atomic mass is 14.9. The molecule has 0 aromatic rings. The van der Waals surface area contributed by atoms with E-state index in [1.54, 1.807) is 11.1 Å². The number of rotatable bonds is 5. The Kier molecular flexibility index (Phi) is 9.25. The Labute approximate surface area is 147 Å². The Morgan fingerprint density at radius 1 is 0.565 bits per heavy atom. The highest BCUT2D eigenvalue weighted by molar-refractivity contribution is 5.39. The zero-order valence-corrected chi connectivity index (χ0v) is 18.0. The topological polar surface area (TPSA) is 12.0 Å². The minimum Gasteiger partial charge on any atom is -0.362 e. The molecule has 1 N–H and O–H groups in total. The van der Waals surface area contributed by atoms with E-state index in [0.717, 1.165) is 0 Å². The van der Waals surface area contributed by atoms with E-state index in [-0.39, 0.29) is 0 Å². The van der Waals surface area contributed by atoms with Crippen LogP contribution in [0.5, 0.6) is 0 Å². The van der Waals surface area contributed by atoms with Crippen LogP contribution in [0.2, 0.25) is 0 Å². The third-order valence-electron chi connectivity index (χ3n) is 4.63. The second kappa shape index (κ2) is 9.55. The van der Waals surface area contributed by atoms with Crippen molar-refractivity contribution in [3.8, 4) is 0 Å². The van der Waals surface area contributed by atoms with Gasteiger partial charge < -0.3 is 5.32 Å². The Morgan fingerprint density at radius 3 is 1.04 bits per heavy atom. The Balaban J connectivity index is 0.00000232. The molecule has 0 saturated carbocycles. The normalized spacial score (nSPS) is 16.7. The van der Waals surface area contributed by atoms with Crippen molar-refractivity contribution >= 4 is 0 Å². The van der Waals surface area contributed by atoms with Crippen LogP contribution in [0, 0.1) is 35.5 Å². The van der Waals surface area contributed by atoms with Gasteiger partial charge in [0.2, 0.25) is 0 Å². The summed E-state index contributed by atoms with van der Waals surface area (Å²) in [6.45, 7) is 27.5. The first-order valence-corrected chi connectivity index (χ1v) is 9.84. The average molecular weight is 322 g/mol. The zero-order chi connectivity index (χ0) is 18.5. The van der Waals surface area contributed by atoms with Gasteiger partial charge in [-0.3, -0.25) is 0 Å². The average Bonchev–Trinajstić information content (AvgIpc) is 2.46. The van der Waals surface area contributed by atoms with Gasteiger partial charge in [0, 0.05) is 17.3 Å². The van der Waals surface area contributed by atoms with E-state index in [1.807, 2.05) is 13.8 Å². The zero-order valence-electron chi connectivity index (χ0n) is 18.0. The third kappa shape index (κ3) is 5.13. The van der Waals surface area contributed by atoms with E-state index < -0.39 is 0 Å². The predicted molar refractivity (Wildman–Crippen MR) is 106 cm³/mol. The second-order valence-corrected chi connectivity index (χ2v) is 8.20. The quantitative estimate of drug-likeness (QED) is 0.573. The van der Waals surface area contributed by atoms with Crippen LogP contribution in [0.3, 0.4) is 0 Å². The van der Waals surface area contributed by atoms with Crippen molar-refractivity contribution in [3.63, 3.8) is 0 Å². The summed E-state index contributed by atoms with van der Waals surface area (Å²) in [5, 5.41) is 3.86. The van der Waals surface area contributed by atoms with Crippen LogP contribution < -0.4 is 5.32 Å². The molecule has 0 aromatic carbocycles. The van der Waals surface area contributed by atoms with Gasteiger partial charge in [0.15, 0.2) is 0 Å². The molecule has 0 aromatic heterocycles. The maximum atomic E-state index is 3.86. The molecule has 0 atom stereocenters. The molecule has 1 heterocycles. The summed E-state index contributed by atoms with van der Waals surface area (Å²) in [4.78, 5) is 0. The van der Waals surface area contributed by atoms with Crippen LogP contribution in [0.15, 0.2) is 22.5 Å². The lowest BCUT2D eigenvalue weighted by Crippen LogP contribution is -2.37. The van der Waals surface area contributed by atoms with Gasteiger partial charge in [-0.2, -0.15) is 0 Å². The number of nitrogens with one attached hydrogen (secondary N) is 1. The Hall–Kier alpha value is -0.720. The van der Waals surface area contributed by atoms with Crippen LogP contribution in [0.25, 0.3) is 0 Å². The van der Waals surface area contributed by atoms with E-state index in [4.69, 9.17) is 0 Å². The largest absolute Gasteiger partial charge is 0.362 e. The summed E-state index contributed by atoms with van der Waals surface area (Å²) in [5.74, 6) is 3.58. The van der Waals surface area contributed by atoms with Crippen LogP contribution in [-0.4, -0.2) is 0 Å². The molecule has 1 aliphatic heterocycles. The minimum atomic E-state index is 0.561. The van der Waals surface area contributed by atoms with Crippen LogP contribution >= 0.6 is 0 Å². The molecule has 0 bridgehead atoms. The first-order valence-electron chi connectivity index (χ1n) is 9.84. The summed E-state index contributed by atoms with van der Waals surface area (Å²) in [7, 11) is 0. The van der Waals surface area contributed by atoms with Crippen molar-refractivity contribution in [2.45, 2.75) is 83.1 Å². The predicted octanol–water partition coefficient (Wildman–Crippen LogP) is 7.02. The van der Waals surface area contributed by atoms with Crippen LogP contribution in [0.4, 0.5) is 0 Å². The Bertz CT molecular complexity index is 383. The fourth-order valence-corrected chi connectivity index (χ4v) is 3.81. The molecule has 0 amide bonds. The fourth-order valence-electron chi connectivity index (χ4n) is 3.81. The van der Waals surface area contributed by atoms with Gasteiger partial charge in [-0.15, -0.1) is 0 Å². The lowest BCUT2D eigenvalue weighted by Gasteiger charge is -2.42. The molecule has 23 heavy (non-hydrogen) atoms. The smallest absolute Gasteiger partial charge is 0.0175 e. The molecule has 0 fully saturated rings. The van der Waals surface area contributed by atoms with Gasteiger partial charge in [-0.1, -0.05) is 83.1 Å². The van der Waals surface area contributed by atoms with Gasteiger partial charge in [-0.05, 0) is 40.7 Å². The molecule has 136 valence electrons. The van der Waals surface area contributed by atoms with Crippen molar-refractivity contribution in [1.29, 1.82) is 0 Å². The summed E-state index contributed by atoms with van der Waals surface area (Å²) in [6, 6.07) is 0. The second-order valence-electron chi connectivity index (χ2n) is 8.20. The Morgan fingerprint density at radius 2 is 0.870 bits per heavy atom. The number of hydrogen-bond acceptors (Lipinski definition) is 1. The highest BCUT2D eigenvalue weighted by Crippen LogP contribution is 2.44. The standard InChI is InChI=1S/C20H37N.C2H6/c1-11(2)16-17(12(3)4)19(14(7)8)21-20(15(9)10)18(16)13(5)6;1-2/h11-16,21H,1-10H3;1-2H3. The maximum Gasteiger partial charge on any atom is 0.0175 e. The van der Waals surface area contributed by atoms with E-state index in [1.165, 1.54) is 11.4 Å². The molecular weight excluding hydrogens is 278 g/mol. The van der Waals surface area contributed by atoms with Crippen LogP contribution in [0.1, 0.15) is 83.1 Å². The molecule has 0 aliphatic carbocycles. The van der Waals surface area contributed by atoms with Gasteiger partial charge in [0.05, 0.1) is 0 Å². The molecule has 1 heteroatoms. The van der Waals surface area contributed by atoms with Crippen molar-refractivity contribution in [2.24, 2.45) is 35.5 Å². The lowest BCUT2D eigenvalue weighted by atomic mass is 9.69. The number of dihydropyridines is 1. The summed E-state index contributed by atoms with van der Waals surface area (Å²) >= 11 is 0. The molecule has 0 radical (unpaired) electrons. The van der Waals surface area contributed by atoms with E-state index >= 15 is 0 Å². The van der Waals surface area contributed by atoms with E-state index in [0.29, 0.717) is 35.5 Å². The lowest BCUT2D eigenvalue weighted by molar-refractivity contribution is 0.389. The van der Waals surface area contributed by atoms with Crippen LogP contribution in [-0.2, 0) is 0 Å². The van der Waals surface area contributed by atoms with Crippen molar-refractivity contribution in [2.75, 3.05) is 0 Å². The molecular formula is C22H43N. The molecule has 1 rings (SSSR count). The first-order chi connectivity index (χ1) is 10.6. The molecule has 0 spiro atoms. The van der Waals surface area contributed by atoms with Gasteiger partial charge >= 0.3 is 0 Å². The fraction of sp³-hybridized carbons (Fsp3) is 0.818. The maximum absolute atomic E-state index is 3.86. The molecule has 1 nitrogen and oxygen atoms in total. The highest BCUT2D eigenvalue weighted by Gasteiger charge is 2.35. The molecule has 0 unspecified atom stereocenters. The summed E-state index contributed by atoms with van der Waals surface area (Å²) < 4.78 is 0. The summed E-state index contributed by atoms with van der Waals surface area (Å²) in [5.41, 5.74) is 6.26. The van der Waals surface area contributed by atoms with Crippen molar-refractivity contribution < 1.29 is 0 Å². The number of hydrogen-bond donors (Lipinski definition) is 1. The monoisotopic (exact) mass is 321 g/mol. The summed E-state index contributed by atoms with van der Waals surface area (Å²) in [6.07, 6.45) is 0. The minimum absolute atomic E-state index is 0.561. The van der Waals surface area contributed by atoms with Crippen molar-refractivity contribution in [3.05, 3.63) is 22.5 Å². The first kappa shape index (κ1) is 22.3. The molecule has 1 aliphatic rings. The SMILES string of the molecule is CC.CC(C)C1=C(C(C)C)C(C(C)C)C(C(C)C)=C(C(C)C)N1. The van der Waals surface area contributed by atoms with Crippen molar-refractivity contribution in [1.82, 2.24) is 5.32 Å². The third-order valence-corrected chi connectivity index (χ3v) is 4.63. The van der Waals surface area contributed by atoms with Gasteiger partial charge in [-0.25, -0.2) is 0 Å².